The summed E-state index contributed by atoms with van der Waals surface area (Å²) in [5.41, 5.74) is 0.959. The molecule has 2 rings (SSSR count). The Hall–Kier alpha value is -0.870. The smallest absolute Gasteiger partial charge is 0.162 e. The van der Waals surface area contributed by atoms with Gasteiger partial charge in [-0.2, -0.15) is 0 Å². The molecule has 0 saturated heterocycles. The van der Waals surface area contributed by atoms with Gasteiger partial charge in [-0.3, -0.25) is 0 Å². The van der Waals surface area contributed by atoms with Crippen molar-refractivity contribution in [1.82, 2.24) is 10.5 Å². The highest BCUT2D eigenvalue weighted by Gasteiger charge is 2.18. The molecule has 4 nitrogen and oxygen atoms in total. The van der Waals surface area contributed by atoms with Crippen molar-refractivity contribution in [2.45, 2.75) is 51.9 Å². The molecule has 4 heteroatoms. The van der Waals surface area contributed by atoms with E-state index in [2.05, 4.69) is 17.4 Å². The summed E-state index contributed by atoms with van der Waals surface area (Å²) in [6.45, 7) is 4.50. The van der Waals surface area contributed by atoms with Gasteiger partial charge < -0.3 is 14.6 Å². The third-order valence-electron chi connectivity index (χ3n) is 2.85. The van der Waals surface area contributed by atoms with Gasteiger partial charge in [-0.05, 0) is 32.2 Å². The molecule has 0 bridgehead atoms. The minimum absolute atomic E-state index is 0.451. The number of hydrogen-bond acceptors (Lipinski definition) is 4. The molecule has 1 heterocycles. The largest absolute Gasteiger partial charge is 0.370 e. The van der Waals surface area contributed by atoms with Crippen LogP contribution in [0.25, 0.3) is 0 Å². The fraction of sp³-hybridized carbons (Fsp3) is 0.750. The zero-order valence-electron chi connectivity index (χ0n) is 9.87. The maximum atomic E-state index is 5.65. The van der Waals surface area contributed by atoms with Crippen LogP contribution in [0.1, 0.15) is 44.1 Å². The van der Waals surface area contributed by atoms with Crippen LogP contribution < -0.4 is 5.32 Å². The van der Waals surface area contributed by atoms with Gasteiger partial charge in [-0.25, -0.2) is 0 Å². The number of aromatic nitrogens is 1. The van der Waals surface area contributed by atoms with Crippen molar-refractivity contribution in [1.29, 1.82) is 0 Å². The van der Waals surface area contributed by atoms with E-state index in [-0.39, 0.29) is 0 Å². The number of nitrogens with zero attached hydrogens (tertiary/aromatic N) is 1. The van der Waals surface area contributed by atoms with Crippen molar-refractivity contribution < 1.29 is 9.26 Å². The van der Waals surface area contributed by atoms with Gasteiger partial charge in [0.2, 0.25) is 0 Å². The van der Waals surface area contributed by atoms with E-state index in [1.54, 1.807) is 0 Å². The molecule has 0 radical (unpaired) electrons. The molecule has 16 heavy (non-hydrogen) atoms. The van der Waals surface area contributed by atoms with Crippen molar-refractivity contribution in [3.63, 3.8) is 0 Å². The Morgan fingerprint density at radius 1 is 1.56 bits per heavy atom. The average molecular weight is 224 g/mol. The maximum Gasteiger partial charge on any atom is 0.162 e. The maximum absolute atomic E-state index is 5.65. The van der Waals surface area contributed by atoms with Crippen LogP contribution >= 0.6 is 0 Å². The quantitative estimate of drug-likeness (QED) is 0.722. The van der Waals surface area contributed by atoms with Gasteiger partial charge in [-0.1, -0.05) is 12.1 Å². The van der Waals surface area contributed by atoms with Gasteiger partial charge in [0.25, 0.3) is 0 Å². The van der Waals surface area contributed by atoms with Crippen LogP contribution in [-0.4, -0.2) is 17.8 Å². The monoisotopic (exact) mass is 224 g/mol. The zero-order valence-corrected chi connectivity index (χ0v) is 9.87. The summed E-state index contributed by atoms with van der Waals surface area (Å²) in [4.78, 5) is 0. The Kier molecular flexibility index (Phi) is 4.36. The molecule has 1 aliphatic carbocycles. The molecule has 1 fully saturated rings. The second-order valence-corrected chi connectivity index (χ2v) is 4.33. The Bertz CT molecular complexity index is 308. The standard InChI is InChI=1S/C12H20N2O2/c1-2-6-13-8-10-7-12(16-14-10)9-15-11-4-3-5-11/h7,11,13H,2-6,8-9H2,1H3. The third-order valence-corrected chi connectivity index (χ3v) is 2.85. The number of nitrogens with one attached hydrogen (secondary N) is 1. The molecule has 1 aromatic rings. The van der Waals surface area contributed by atoms with Crippen molar-refractivity contribution >= 4 is 0 Å². The highest BCUT2D eigenvalue weighted by atomic mass is 16.5. The number of hydrogen-bond donors (Lipinski definition) is 1. The lowest BCUT2D eigenvalue weighted by atomic mass is 9.96. The van der Waals surface area contributed by atoms with Crippen LogP contribution in [-0.2, 0) is 17.9 Å². The molecular weight excluding hydrogens is 204 g/mol. The summed E-state index contributed by atoms with van der Waals surface area (Å²) < 4.78 is 10.8. The Morgan fingerprint density at radius 2 is 2.44 bits per heavy atom. The summed E-state index contributed by atoms with van der Waals surface area (Å²) in [5.74, 6) is 0.834. The molecule has 1 aromatic heterocycles. The summed E-state index contributed by atoms with van der Waals surface area (Å²) in [7, 11) is 0. The van der Waals surface area contributed by atoms with Gasteiger partial charge in [0.05, 0.1) is 11.8 Å². The molecule has 0 amide bonds. The minimum atomic E-state index is 0.451. The van der Waals surface area contributed by atoms with E-state index < -0.39 is 0 Å². The first-order chi connectivity index (χ1) is 7.88. The zero-order chi connectivity index (χ0) is 11.2. The average Bonchev–Trinajstić information content (AvgIpc) is 2.64. The SMILES string of the molecule is CCCNCc1cc(COC2CCC2)on1. The van der Waals surface area contributed by atoms with Crippen LogP contribution in [0.4, 0.5) is 0 Å². The first-order valence-electron chi connectivity index (χ1n) is 6.15. The van der Waals surface area contributed by atoms with Crippen molar-refractivity contribution in [3.05, 3.63) is 17.5 Å². The molecular formula is C12H20N2O2. The topological polar surface area (TPSA) is 47.3 Å². The Labute approximate surface area is 96.3 Å². The molecule has 90 valence electrons. The van der Waals surface area contributed by atoms with E-state index in [1.807, 2.05) is 6.07 Å². The molecule has 0 atom stereocenters. The molecule has 0 unspecified atom stereocenters. The number of ether oxygens (including phenoxy) is 1. The molecule has 0 aliphatic heterocycles. The lowest BCUT2D eigenvalue weighted by molar-refractivity contribution is -0.0174. The highest BCUT2D eigenvalue weighted by Crippen LogP contribution is 2.23. The number of rotatable bonds is 7. The van der Waals surface area contributed by atoms with Crippen LogP contribution in [0.2, 0.25) is 0 Å². The summed E-state index contributed by atoms with van der Waals surface area (Å²) in [5, 5.41) is 7.28. The fourth-order valence-electron chi connectivity index (χ4n) is 1.64. The van der Waals surface area contributed by atoms with Gasteiger partial charge in [0, 0.05) is 12.6 Å². The van der Waals surface area contributed by atoms with Crippen LogP contribution in [0.15, 0.2) is 10.6 Å². The van der Waals surface area contributed by atoms with E-state index in [0.717, 1.165) is 31.0 Å². The van der Waals surface area contributed by atoms with E-state index >= 15 is 0 Å². The van der Waals surface area contributed by atoms with Crippen molar-refractivity contribution in [2.24, 2.45) is 0 Å². The van der Waals surface area contributed by atoms with E-state index in [0.29, 0.717) is 12.7 Å². The van der Waals surface area contributed by atoms with Crippen LogP contribution in [0.5, 0.6) is 0 Å². The molecule has 0 spiro atoms. The molecule has 1 aliphatic rings. The van der Waals surface area contributed by atoms with Gasteiger partial charge in [0.15, 0.2) is 5.76 Å². The molecule has 0 aromatic carbocycles. The van der Waals surface area contributed by atoms with Crippen molar-refractivity contribution in [3.8, 4) is 0 Å². The first kappa shape index (κ1) is 11.6. The second-order valence-electron chi connectivity index (χ2n) is 4.33. The third kappa shape index (κ3) is 3.32. The van der Waals surface area contributed by atoms with Gasteiger partial charge in [-0.15, -0.1) is 0 Å². The summed E-state index contributed by atoms with van der Waals surface area (Å²) >= 11 is 0. The second kappa shape index (κ2) is 6.01. The van der Waals surface area contributed by atoms with Crippen LogP contribution in [0, 0.1) is 0 Å². The van der Waals surface area contributed by atoms with E-state index in [4.69, 9.17) is 9.26 Å². The fourth-order valence-corrected chi connectivity index (χ4v) is 1.64. The molecule has 1 N–H and O–H groups in total. The van der Waals surface area contributed by atoms with E-state index in [1.165, 1.54) is 19.3 Å². The normalized spacial score (nSPS) is 16.3. The highest BCUT2D eigenvalue weighted by molar-refractivity contribution is 5.04. The predicted molar refractivity (Wildman–Crippen MR) is 60.9 cm³/mol. The predicted octanol–water partition coefficient (Wildman–Crippen LogP) is 2.24. The van der Waals surface area contributed by atoms with Crippen LogP contribution in [0.3, 0.4) is 0 Å². The summed E-state index contributed by atoms with van der Waals surface area (Å²) in [6.07, 6.45) is 5.27. The van der Waals surface area contributed by atoms with Gasteiger partial charge >= 0.3 is 0 Å². The lowest BCUT2D eigenvalue weighted by Crippen LogP contribution is -2.21. The van der Waals surface area contributed by atoms with E-state index in [9.17, 15) is 0 Å². The minimum Gasteiger partial charge on any atom is -0.370 e. The van der Waals surface area contributed by atoms with Gasteiger partial charge in [0.1, 0.15) is 6.61 Å². The summed E-state index contributed by atoms with van der Waals surface area (Å²) in [6, 6.07) is 1.97. The Morgan fingerprint density at radius 3 is 3.12 bits per heavy atom. The Balaban J connectivity index is 1.68. The lowest BCUT2D eigenvalue weighted by Gasteiger charge is -2.24. The first-order valence-corrected chi connectivity index (χ1v) is 6.15. The molecule has 1 saturated carbocycles. The van der Waals surface area contributed by atoms with Crippen molar-refractivity contribution in [2.75, 3.05) is 6.54 Å².